The third kappa shape index (κ3) is 3.42. The molecule has 35 heavy (non-hydrogen) atoms. The van der Waals surface area contributed by atoms with E-state index in [0.717, 1.165) is 24.3 Å². The molecule has 0 spiro atoms. The van der Waals surface area contributed by atoms with E-state index in [2.05, 4.69) is 30.2 Å². The Morgan fingerprint density at radius 1 is 1.29 bits per heavy atom. The van der Waals surface area contributed by atoms with Crippen LogP contribution in [0.1, 0.15) is 21.6 Å². The molecule has 6 rings (SSSR count). The third-order valence-electron chi connectivity index (χ3n) is 6.82. The number of nitrogens with zero attached hydrogens (tertiary/aromatic N) is 5. The molecule has 5 heterocycles. The first-order valence-corrected chi connectivity index (χ1v) is 11.5. The van der Waals surface area contributed by atoms with Crippen LogP contribution in [0.25, 0.3) is 16.6 Å². The number of pyridine rings is 1. The highest BCUT2D eigenvalue weighted by Gasteiger charge is 2.34. The maximum Gasteiger partial charge on any atom is 0.274 e. The molecule has 3 aromatic heterocycles. The molecule has 2 N–H and O–H groups in total. The summed E-state index contributed by atoms with van der Waals surface area (Å²) in [6, 6.07) is 7.20. The Kier molecular flexibility index (Phi) is 4.95. The van der Waals surface area contributed by atoms with Gasteiger partial charge in [-0.25, -0.2) is 13.9 Å². The van der Waals surface area contributed by atoms with Crippen molar-refractivity contribution in [1.82, 2.24) is 29.8 Å². The lowest BCUT2D eigenvalue weighted by molar-refractivity contribution is 0.0956. The molecule has 1 fully saturated rings. The summed E-state index contributed by atoms with van der Waals surface area (Å²) in [5.74, 6) is -0.237. The normalized spacial score (nSPS) is 17.8. The molecule has 1 saturated heterocycles. The first-order chi connectivity index (χ1) is 16.9. The lowest BCUT2D eigenvalue weighted by Gasteiger charge is -2.45. The number of carbonyl (C=O) groups is 1. The highest BCUT2D eigenvalue weighted by atomic mass is 19.1. The van der Waals surface area contributed by atoms with Gasteiger partial charge in [0.2, 0.25) is 5.88 Å². The van der Waals surface area contributed by atoms with Crippen LogP contribution >= 0.6 is 0 Å². The lowest BCUT2D eigenvalue weighted by Crippen LogP contribution is -2.57. The van der Waals surface area contributed by atoms with Crippen molar-refractivity contribution in [3.8, 4) is 5.88 Å². The van der Waals surface area contributed by atoms with Gasteiger partial charge in [-0.3, -0.25) is 14.5 Å². The molecule has 2 aliphatic rings. The van der Waals surface area contributed by atoms with Gasteiger partial charge in [-0.2, -0.15) is 5.10 Å². The van der Waals surface area contributed by atoms with E-state index in [9.17, 15) is 9.59 Å². The zero-order chi connectivity index (χ0) is 24.3. The van der Waals surface area contributed by atoms with Gasteiger partial charge in [-0.05, 0) is 25.1 Å². The number of aromatic amines is 1. The largest absolute Gasteiger partial charge is 0.474 e. The zero-order valence-corrected chi connectivity index (χ0v) is 19.3. The van der Waals surface area contributed by atoms with Gasteiger partial charge in [-0.1, -0.05) is 6.07 Å². The van der Waals surface area contributed by atoms with Crippen molar-refractivity contribution < 1.29 is 13.9 Å². The van der Waals surface area contributed by atoms with E-state index in [1.54, 1.807) is 38.4 Å². The topological polar surface area (TPSA) is 108 Å². The van der Waals surface area contributed by atoms with Gasteiger partial charge in [0.1, 0.15) is 29.0 Å². The lowest BCUT2D eigenvalue weighted by atomic mass is 10.1. The molecule has 180 valence electrons. The molecule has 11 heteroatoms. The third-order valence-corrected chi connectivity index (χ3v) is 6.82. The zero-order valence-electron chi connectivity index (χ0n) is 19.3. The van der Waals surface area contributed by atoms with Gasteiger partial charge in [0.05, 0.1) is 17.8 Å². The van der Waals surface area contributed by atoms with Gasteiger partial charge in [0.25, 0.3) is 11.5 Å². The summed E-state index contributed by atoms with van der Waals surface area (Å²) in [4.78, 5) is 35.9. The van der Waals surface area contributed by atoms with Gasteiger partial charge in [-0.15, -0.1) is 0 Å². The summed E-state index contributed by atoms with van der Waals surface area (Å²) in [5.41, 5.74) is 3.19. The number of H-pyrrole nitrogens is 1. The van der Waals surface area contributed by atoms with Crippen molar-refractivity contribution in [2.75, 3.05) is 38.2 Å². The monoisotopic (exact) mass is 477 g/mol. The average molecular weight is 478 g/mol. The summed E-state index contributed by atoms with van der Waals surface area (Å²) in [5, 5.41) is 6.82. The van der Waals surface area contributed by atoms with E-state index in [-0.39, 0.29) is 23.0 Å². The number of nitrogens with one attached hydrogen (secondary N) is 2. The van der Waals surface area contributed by atoms with Crippen LogP contribution in [0.4, 0.5) is 10.1 Å². The van der Waals surface area contributed by atoms with Crippen molar-refractivity contribution >= 4 is 28.1 Å². The average Bonchev–Trinajstić information content (AvgIpc) is 3.27. The summed E-state index contributed by atoms with van der Waals surface area (Å²) in [6.07, 6.45) is 1.61. The van der Waals surface area contributed by atoms with Crippen molar-refractivity contribution in [2.24, 2.45) is 0 Å². The number of fused-ring (bicyclic) bond motifs is 6. The predicted molar refractivity (Wildman–Crippen MR) is 128 cm³/mol. The molecule has 10 nitrogen and oxygen atoms in total. The smallest absolute Gasteiger partial charge is 0.274 e. The van der Waals surface area contributed by atoms with Crippen molar-refractivity contribution in [1.29, 1.82) is 0 Å². The van der Waals surface area contributed by atoms with Crippen LogP contribution < -0.4 is 20.5 Å². The van der Waals surface area contributed by atoms with E-state index >= 15 is 4.39 Å². The Morgan fingerprint density at radius 3 is 2.97 bits per heavy atom. The molecule has 1 atom stereocenters. The van der Waals surface area contributed by atoms with Crippen LogP contribution in [0.3, 0.4) is 0 Å². The highest BCUT2D eigenvalue weighted by Crippen LogP contribution is 2.34. The first-order valence-electron chi connectivity index (χ1n) is 11.5. The van der Waals surface area contributed by atoms with E-state index in [0.29, 0.717) is 47.9 Å². The van der Waals surface area contributed by atoms with E-state index in [1.807, 2.05) is 6.07 Å². The Labute approximate surface area is 199 Å². The number of aryl methyl sites for hydroxylation is 1. The number of carbonyl (C=O) groups excluding carboxylic acids is 1. The second kappa shape index (κ2) is 8.05. The molecule has 0 saturated carbocycles. The molecular weight excluding hydrogens is 453 g/mol. The van der Waals surface area contributed by atoms with Gasteiger partial charge >= 0.3 is 0 Å². The molecule has 0 aliphatic carbocycles. The summed E-state index contributed by atoms with van der Waals surface area (Å²) >= 11 is 0. The number of anilines is 1. The van der Waals surface area contributed by atoms with Crippen LogP contribution in [-0.4, -0.2) is 69.7 Å². The van der Waals surface area contributed by atoms with Gasteiger partial charge in [0, 0.05) is 44.4 Å². The number of piperazine rings is 1. The number of hydrogen-bond acceptors (Lipinski definition) is 7. The second-order valence-electron chi connectivity index (χ2n) is 8.97. The van der Waals surface area contributed by atoms with Crippen LogP contribution in [-0.2, 0) is 6.54 Å². The van der Waals surface area contributed by atoms with Crippen LogP contribution in [0.5, 0.6) is 5.88 Å². The molecule has 0 bridgehead atoms. The maximum absolute atomic E-state index is 15.5. The highest BCUT2D eigenvalue weighted by molar-refractivity contribution is 5.92. The number of aromatic nitrogens is 4. The number of hydrogen-bond donors (Lipinski definition) is 2. The van der Waals surface area contributed by atoms with E-state index < -0.39 is 5.82 Å². The summed E-state index contributed by atoms with van der Waals surface area (Å²) in [6.45, 7) is 4.77. The van der Waals surface area contributed by atoms with Crippen LogP contribution in [0, 0.1) is 12.7 Å². The molecule has 2 aliphatic heterocycles. The molecule has 1 amide bonds. The standard InChI is InChI=1S/C24H24FN7O3/c1-13-9-27-32-17-5-3-14(19(25)20(17)29-23(34)21(13)32)10-30-7-8-31-15(11-30)12-35-24-18(31)6-4-16(28-24)22(33)26-2/h3-6,9,15H,7-8,10-12H2,1-2H3,(H,26,33)(H,29,34)/t15-/m1/s1. The molecular formula is C24H24FN7O3. The van der Waals surface area contributed by atoms with Crippen LogP contribution in [0.2, 0.25) is 0 Å². The molecule has 0 unspecified atom stereocenters. The maximum atomic E-state index is 15.5. The summed E-state index contributed by atoms with van der Waals surface area (Å²) in [7, 11) is 1.56. The fourth-order valence-electron chi connectivity index (χ4n) is 5.04. The van der Waals surface area contributed by atoms with Crippen molar-refractivity contribution in [2.45, 2.75) is 19.5 Å². The minimum absolute atomic E-state index is 0.0823. The SMILES string of the molecule is CNC(=O)c1ccc2c(n1)OC[C@H]1CN(Cc3ccc4c([nH]c(=O)c5c(C)cnn54)c3F)CCN21. The van der Waals surface area contributed by atoms with Crippen LogP contribution in [0.15, 0.2) is 35.3 Å². The number of amides is 1. The Bertz CT molecular complexity index is 1550. The Morgan fingerprint density at radius 2 is 2.14 bits per heavy atom. The summed E-state index contributed by atoms with van der Waals surface area (Å²) < 4.78 is 22.9. The fraction of sp³-hybridized carbons (Fsp3) is 0.333. The van der Waals surface area contributed by atoms with Crippen molar-refractivity contribution in [3.63, 3.8) is 0 Å². The minimum Gasteiger partial charge on any atom is -0.474 e. The first kappa shape index (κ1) is 21.5. The van der Waals surface area contributed by atoms with Gasteiger partial charge < -0.3 is 19.9 Å². The Hall–Kier alpha value is -3.99. The van der Waals surface area contributed by atoms with Crippen molar-refractivity contribution in [3.05, 3.63) is 63.5 Å². The van der Waals surface area contributed by atoms with E-state index in [1.165, 1.54) is 4.52 Å². The second-order valence-corrected chi connectivity index (χ2v) is 8.97. The van der Waals surface area contributed by atoms with Gasteiger partial charge in [0.15, 0.2) is 5.82 Å². The number of ether oxygens (including phenoxy) is 1. The quantitative estimate of drug-likeness (QED) is 0.460. The van der Waals surface area contributed by atoms with E-state index in [4.69, 9.17) is 4.74 Å². The predicted octanol–water partition coefficient (Wildman–Crippen LogP) is 1.46. The number of rotatable bonds is 3. The number of halogens is 1. The molecule has 1 aromatic carbocycles. The fourth-order valence-corrected chi connectivity index (χ4v) is 5.04. The minimum atomic E-state index is -0.437. The Balaban J connectivity index is 1.24. The molecule has 0 radical (unpaired) electrons. The molecule has 4 aromatic rings. The number of benzene rings is 1.